The van der Waals surface area contributed by atoms with Gasteiger partial charge in [0.1, 0.15) is 0 Å². The van der Waals surface area contributed by atoms with Crippen LogP contribution in [0.5, 0.6) is 0 Å². The Labute approximate surface area is 196 Å². The van der Waals surface area contributed by atoms with Crippen molar-refractivity contribution < 1.29 is 4.21 Å². The first-order chi connectivity index (χ1) is 16.0. The molecule has 0 saturated carbocycles. The lowest BCUT2D eigenvalue weighted by Crippen LogP contribution is -2.08. The smallest absolute Gasteiger partial charge is 0.234 e. The van der Waals surface area contributed by atoms with Gasteiger partial charge < -0.3 is 0 Å². The lowest BCUT2D eigenvalue weighted by molar-refractivity contribution is 0.686. The molecule has 33 heavy (non-hydrogen) atoms. The number of rotatable bonds is 6. The molecule has 168 valence electrons. The maximum Gasteiger partial charge on any atom is 0.234 e. The van der Waals surface area contributed by atoms with Crippen LogP contribution in [0.15, 0.2) is 72.0 Å². The van der Waals surface area contributed by atoms with Crippen molar-refractivity contribution in [2.45, 2.75) is 43.4 Å². The van der Waals surface area contributed by atoms with Gasteiger partial charge in [-0.15, -0.1) is 0 Å². The number of anilines is 1. The highest BCUT2D eigenvalue weighted by Gasteiger charge is 2.28. The van der Waals surface area contributed by atoms with Crippen molar-refractivity contribution in [1.82, 2.24) is 19.7 Å². The van der Waals surface area contributed by atoms with E-state index in [4.69, 9.17) is 0 Å². The highest BCUT2D eigenvalue weighted by atomic mass is 32.2. The molecule has 0 spiro atoms. The number of hydrogen-bond acceptors (Lipinski definition) is 4. The number of nitrogens with zero attached hydrogens (tertiary/aromatic N) is 4. The van der Waals surface area contributed by atoms with E-state index in [1.165, 1.54) is 27.8 Å². The van der Waals surface area contributed by atoms with Gasteiger partial charge in [0.2, 0.25) is 5.95 Å². The second-order valence-corrected chi connectivity index (χ2v) is 9.95. The van der Waals surface area contributed by atoms with E-state index in [1.807, 2.05) is 24.0 Å². The molecule has 7 heteroatoms. The fraction of sp³-hybridized carbons (Fsp3) is 0.269. The summed E-state index contributed by atoms with van der Waals surface area (Å²) in [7, 11) is 0.586. The van der Waals surface area contributed by atoms with Crippen LogP contribution in [-0.2, 0) is 24.5 Å². The highest BCUT2D eigenvalue weighted by molar-refractivity contribution is 7.86. The van der Waals surface area contributed by atoms with Crippen LogP contribution in [0.25, 0.3) is 11.3 Å². The van der Waals surface area contributed by atoms with Crippen molar-refractivity contribution in [3.8, 4) is 11.3 Å². The van der Waals surface area contributed by atoms with Crippen LogP contribution in [0.2, 0.25) is 0 Å². The first-order valence-corrected chi connectivity index (χ1v) is 12.4. The number of nitrogens with one attached hydrogen (secondary N) is 1. The molecule has 1 aliphatic rings. The monoisotopic (exact) mass is 457 g/mol. The number of aromatic nitrogens is 4. The maximum atomic E-state index is 12.8. The van der Waals surface area contributed by atoms with Gasteiger partial charge in [-0.25, -0.2) is 14.2 Å². The third kappa shape index (κ3) is 4.20. The fourth-order valence-corrected chi connectivity index (χ4v) is 5.45. The molecule has 0 radical (unpaired) electrons. The number of aryl methyl sites for hydroxylation is 2. The summed E-state index contributed by atoms with van der Waals surface area (Å²) in [6, 6.07) is 16.8. The molecule has 2 aromatic carbocycles. The molecular formula is C26H27N5OS. The van der Waals surface area contributed by atoms with Gasteiger partial charge in [-0.3, -0.25) is 9.40 Å². The molecule has 2 heterocycles. The summed E-state index contributed by atoms with van der Waals surface area (Å²) in [5, 5.41) is 4.41. The first kappa shape index (κ1) is 21.5. The van der Waals surface area contributed by atoms with Crippen LogP contribution in [0.4, 0.5) is 5.95 Å². The predicted octanol–water partition coefficient (Wildman–Crippen LogP) is 5.21. The molecule has 0 amide bonds. The van der Waals surface area contributed by atoms with E-state index in [2.05, 4.69) is 70.0 Å². The second-order valence-electron chi connectivity index (χ2n) is 8.74. The second kappa shape index (κ2) is 8.90. The van der Waals surface area contributed by atoms with Crippen LogP contribution in [0.1, 0.15) is 54.4 Å². The van der Waals surface area contributed by atoms with Gasteiger partial charge in [0.05, 0.1) is 10.6 Å². The van der Waals surface area contributed by atoms with Crippen LogP contribution >= 0.6 is 0 Å². The van der Waals surface area contributed by atoms with Gasteiger partial charge in [0.25, 0.3) is 0 Å². The lowest BCUT2D eigenvalue weighted by Gasteiger charge is -2.20. The molecule has 2 atom stereocenters. The molecule has 0 saturated heterocycles. The molecule has 4 aromatic rings. The van der Waals surface area contributed by atoms with Crippen molar-refractivity contribution in [2.75, 3.05) is 4.72 Å². The predicted molar refractivity (Wildman–Crippen MR) is 131 cm³/mol. The number of fused-ring (bicyclic) bond motifs is 1. The van der Waals surface area contributed by atoms with E-state index < -0.39 is 11.0 Å². The summed E-state index contributed by atoms with van der Waals surface area (Å²) in [5.41, 5.74) is 7.60. The molecule has 2 aromatic heterocycles. The molecule has 6 nitrogen and oxygen atoms in total. The Bertz CT molecular complexity index is 1320. The average molecular weight is 458 g/mol. The summed E-state index contributed by atoms with van der Waals surface area (Å²) in [4.78, 5) is 8.95. The van der Waals surface area contributed by atoms with Gasteiger partial charge in [-0.1, -0.05) is 32.0 Å². The summed E-state index contributed by atoms with van der Waals surface area (Å²) >= 11 is 0. The minimum atomic E-state index is -1.41. The Morgan fingerprint density at radius 1 is 1.03 bits per heavy atom. The van der Waals surface area contributed by atoms with Crippen molar-refractivity contribution in [1.29, 1.82) is 0 Å². The topological polar surface area (TPSA) is 72.7 Å². The van der Waals surface area contributed by atoms with E-state index in [1.54, 1.807) is 18.5 Å². The zero-order valence-corrected chi connectivity index (χ0v) is 19.8. The van der Waals surface area contributed by atoms with E-state index in [9.17, 15) is 4.21 Å². The minimum absolute atomic E-state index is 0.305. The quantitative estimate of drug-likeness (QED) is 0.431. The van der Waals surface area contributed by atoms with Gasteiger partial charge in [-0.2, -0.15) is 5.10 Å². The lowest BCUT2D eigenvalue weighted by atomic mass is 9.86. The Balaban J connectivity index is 1.49. The molecule has 0 bridgehead atoms. The molecule has 5 rings (SSSR count). The molecule has 2 unspecified atom stereocenters. The Kier molecular flexibility index (Phi) is 5.81. The summed E-state index contributed by atoms with van der Waals surface area (Å²) in [5.74, 6) is 1.12. The molecule has 1 N–H and O–H groups in total. The molecular weight excluding hydrogens is 430 g/mol. The van der Waals surface area contributed by atoms with Crippen LogP contribution in [0, 0.1) is 0 Å². The zero-order chi connectivity index (χ0) is 22.9. The fourth-order valence-electron chi connectivity index (χ4n) is 4.62. The van der Waals surface area contributed by atoms with Gasteiger partial charge in [0, 0.05) is 37.1 Å². The van der Waals surface area contributed by atoms with Crippen molar-refractivity contribution >= 4 is 16.9 Å². The SMILES string of the molecule is CC(C)c1ccc(C2CCc3cc(S(=O)Nc4ncccn4)ccc32)c(-c2ccnn2C)c1. The van der Waals surface area contributed by atoms with Crippen LogP contribution in [0.3, 0.4) is 0 Å². The average Bonchev–Trinajstić information content (AvgIpc) is 3.44. The van der Waals surface area contributed by atoms with Crippen molar-refractivity contribution in [2.24, 2.45) is 7.05 Å². The third-order valence-corrected chi connectivity index (χ3v) is 7.42. The first-order valence-electron chi connectivity index (χ1n) is 11.2. The van der Waals surface area contributed by atoms with Crippen LogP contribution < -0.4 is 4.72 Å². The van der Waals surface area contributed by atoms with Gasteiger partial charge in [0.15, 0.2) is 11.0 Å². The van der Waals surface area contributed by atoms with E-state index in [0.717, 1.165) is 23.4 Å². The molecule has 0 fully saturated rings. The molecule has 1 aliphatic carbocycles. The standard InChI is InChI=1S/C26H27N5OS/c1-17(2)18-5-8-23(24(16-18)25-11-14-29-31(25)3)22-9-6-19-15-20(7-10-21(19)22)33(32)30-26-27-12-4-13-28-26/h4-5,7-8,10-17,22H,6,9H2,1-3H3,(H,27,28,30). The Morgan fingerprint density at radius 2 is 1.82 bits per heavy atom. The van der Waals surface area contributed by atoms with E-state index in [-0.39, 0.29) is 0 Å². The number of hydrogen-bond donors (Lipinski definition) is 1. The number of benzene rings is 2. The normalized spacial score (nSPS) is 16.1. The van der Waals surface area contributed by atoms with E-state index in [0.29, 0.717) is 17.8 Å². The van der Waals surface area contributed by atoms with E-state index >= 15 is 0 Å². The van der Waals surface area contributed by atoms with Crippen molar-refractivity contribution in [3.63, 3.8) is 0 Å². The van der Waals surface area contributed by atoms with Crippen LogP contribution in [-0.4, -0.2) is 24.0 Å². The zero-order valence-electron chi connectivity index (χ0n) is 19.0. The third-order valence-electron chi connectivity index (χ3n) is 6.37. The summed E-state index contributed by atoms with van der Waals surface area (Å²) < 4.78 is 17.7. The minimum Gasteiger partial charge on any atom is -0.269 e. The largest absolute Gasteiger partial charge is 0.269 e. The summed E-state index contributed by atoms with van der Waals surface area (Å²) in [6.07, 6.45) is 7.11. The highest BCUT2D eigenvalue weighted by Crippen LogP contribution is 2.43. The maximum absolute atomic E-state index is 12.8. The van der Waals surface area contributed by atoms with Crippen molar-refractivity contribution in [3.05, 3.63) is 89.4 Å². The summed E-state index contributed by atoms with van der Waals surface area (Å²) in [6.45, 7) is 4.45. The molecule has 0 aliphatic heterocycles. The van der Waals surface area contributed by atoms with Gasteiger partial charge >= 0.3 is 0 Å². The Hall–Kier alpha value is -3.32. The van der Waals surface area contributed by atoms with Gasteiger partial charge in [-0.05, 0) is 71.3 Å². The Morgan fingerprint density at radius 3 is 2.55 bits per heavy atom.